The van der Waals surface area contributed by atoms with Gasteiger partial charge >= 0.3 is 0 Å². The van der Waals surface area contributed by atoms with E-state index in [0.717, 1.165) is 58.3 Å². The van der Waals surface area contributed by atoms with Crippen LogP contribution in [0.25, 0.3) is 0 Å². The van der Waals surface area contributed by atoms with Crippen molar-refractivity contribution in [3.05, 3.63) is 29.8 Å². The highest BCUT2D eigenvalue weighted by molar-refractivity contribution is 5.78. The molecule has 1 aromatic rings. The van der Waals surface area contributed by atoms with Crippen LogP contribution in [0.15, 0.2) is 24.3 Å². The van der Waals surface area contributed by atoms with Crippen LogP contribution in [-0.2, 0) is 16.0 Å². The Labute approximate surface area is 167 Å². The van der Waals surface area contributed by atoms with Gasteiger partial charge in [0.2, 0.25) is 11.8 Å². The number of rotatable bonds is 1. The maximum Gasteiger partial charge on any atom is 0.222 e. The maximum atomic E-state index is 12.5. The third kappa shape index (κ3) is 4.17. The summed E-state index contributed by atoms with van der Waals surface area (Å²) < 4.78 is 0. The van der Waals surface area contributed by atoms with Crippen molar-refractivity contribution in [3.8, 4) is 0 Å². The molecule has 28 heavy (non-hydrogen) atoms. The molecule has 0 atom stereocenters. The molecule has 2 amide bonds. The summed E-state index contributed by atoms with van der Waals surface area (Å²) in [5, 5.41) is 6.89. The fraction of sp³-hybridized carbons (Fsp3) is 0.636. The number of anilines is 1. The van der Waals surface area contributed by atoms with Gasteiger partial charge in [0, 0.05) is 63.3 Å². The van der Waals surface area contributed by atoms with Crippen molar-refractivity contribution in [1.82, 2.24) is 15.1 Å². The molecule has 0 aromatic heterocycles. The second kappa shape index (κ2) is 8.11. The van der Waals surface area contributed by atoms with Gasteiger partial charge in [0.05, 0.1) is 0 Å². The number of carbonyl (C=O) groups is 2. The molecule has 6 nitrogen and oxygen atoms in total. The molecule has 3 aliphatic heterocycles. The Morgan fingerprint density at radius 3 is 2.54 bits per heavy atom. The van der Waals surface area contributed by atoms with E-state index in [0.29, 0.717) is 19.0 Å². The van der Waals surface area contributed by atoms with E-state index in [-0.39, 0.29) is 17.4 Å². The first kappa shape index (κ1) is 19.2. The monoisotopic (exact) mass is 384 g/mol. The van der Waals surface area contributed by atoms with Crippen LogP contribution < -0.4 is 10.6 Å². The highest BCUT2D eigenvalue weighted by Gasteiger charge is 2.39. The van der Waals surface area contributed by atoms with Crippen LogP contribution in [0.5, 0.6) is 0 Å². The predicted molar refractivity (Wildman–Crippen MR) is 110 cm³/mol. The molecular weight excluding hydrogens is 352 g/mol. The van der Waals surface area contributed by atoms with Crippen molar-refractivity contribution in [3.63, 3.8) is 0 Å². The van der Waals surface area contributed by atoms with E-state index in [1.165, 1.54) is 11.3 Å². The summed E-state index contributed by atoms with van der Waals surface area (Å²) >= 11 is 0. The molecule has 152 valence electrons. The lowest BCUT2D eigenvalue weighted by atomic mass is 9.82. The second-order valence-corrected chi connectivity index (χ2v) is 8.61. The summed E-state index contributed by atoms with van der Waals surface area (Å²) in [5.41, 5.74) is 2.30. The van der Waals surface area contributed by atoms with E-state index in [2.05, 4.69) is 39.8 Å². The Bertz CT molecular complexity index is 719. The molecule has 0 aliphatic carbocycles. The third-order valence-electron chi connectivity index (χ3n) is 6.81. The van der Waals surface area contributed by atoms with Crippen molar-refractivity contribution in [2.45, 2.75) is 57.0 Å². The van der Waals surface area contributed by atoms with Crippen molar-refractivity contribution < 1.29 is 9.59 Å². The third-order valence-corrected chi connectivity index (χ3v) is 6.81. The number of benzene rings is 1. The normalized spacial score (nSPS) is 23.8. The molecule has 6 heteroatoms. The number of likely N-dealkylation sites (tertiary alicyclic amines) is 2. The summed E-state index contributed by atoms with van der Waals surface area (Å²) in [6.45, 7) is 6.12. The lowest BCUT2D eigenvalue weighted by Gasteiger charge is -2.47. The number of hydrogen-bond acceptors (Lipinski definition) is 4. The number of hydrogen-bond donors (Lipinski definition) is 2. The van der Waals surface area contributed by atoms with Gasteiger partial charge in [-0.2, -0.15) is 0 Å². The summed E-state index contributed by atoms with van der Waals surface area (Å²) in [6, 6.07) is 9.01. The van der Waals surface area contributed by atoms with Gasteiger partial charge in [0.25, 0.3) is 0 Å². The molecule has 3 heterocycles. The Kier molecular flexibility index (Phi) is 5.58. The highest BCUT2D eigenvalue weighted by atomic mass is 16.2. The zero-order valence-corrected chi connectivity index (χ0v) is 16.9. The number of fused-ring (bicyclic) bond motifs is 1. The van der Waals surface area contributed by atoms with E-state index in [4.69, 9.17) is 0 Å². The molecule has 1 spiro atoms. The SMILES string of the molecule is CC(=O)N1CCC(N2CCC3(CC2)CC(=O)NCCc2ccccc2N3)CC1. The number of nitrogens with one attached hydrogen (secondary N) is 2. The van der Waals surface area contributed by atoms with Gasteiger partial charge in [-0.15, -0.1) is 0 Å². The van der Waals surface area contributed by atoms with Crippen LogP contribution >= 0.6 is 0 Å². The summed E-state index contributed by atoms with van der Waals surface area (Å²) in [4.78, 5) is 28.6. The van der Waals surface area contributed by atoms with Gasteiger partial charge in [-0.1, -0.05) is 18.2 Å². The molecule has 3 aliphatic rings. The van der Waals surface area contributed by atoms with Gasteiger partial charge in [0.15, 0.2) is 0 Å². The van der Waals surface area contributed by atoms with Crippen molar-refractivity contribution in [1.29, 1.82) is 0 Å². The molecule has 4 rings (SSSR count). The van der Waals surface area contributed by atoms with Crippen LogP contribution in [-0.4, -0.2) is 65.9 Å². The number of amides is 2. The van der Waals surface area contributed by atoms with Crippen molar-refractivity contribution in [2.24, 2.45) is 0 Å². The molecule has 2 saturated heterocycles. The molecule has 2 fully saturated rings. The van der Waals surface area contributed by atoms with E-state index in [9.17, 15) is 9.59 Å². The molecule has 0 unspecified atom stereocenters. The smallest absolute Gasteiger partial charge is 0.222 e. The Balaban J connectivity index is 1.43. The second-order valence-electron chi connectivity index (χ2n) is 8.61. The Morgan fingerprint density at radius 1 is 1.11 bits per heavy atom. The summed E-state index contributed by atoms with van der Waals surface area (Å²) in [6.07, 6.45) is 5.47. The van der Waals surface area contributed by atoms with E-state index < -0.39 is 0 Å². The Morgan fingerprint density at radius 2 is 1.82 bits per heavy atom. The largest absolute Gasteiger partial charge is 0.379 e. The number of piperidine rings is 2. The first-order valence-electron chi connectivity index (χ1n) is 10.7. The van der Waals surface area contributed by atoms with Crippen LogP contribution in [0.1, 0.15) is 44.6 Å². The van der Waals surface area contributed by atoms with Crippen LogP contribution in [0.3, 0.4) is 0 Å². The molecule has 0 saturated carbocycles. The average Bonchev–Trinajstić information content (AvgIpc) is 2.76. The number of carbonyl (C=O) groups excluding carboxylic acids is 2. The van der Waals surface area contributed by atoms with Crippen molar-refractivity contribution in [2.75, 3.05) is 38.0 Å². The molecule has 0 bridgehead atoms. The van der Waals surface area contributed by atoms with Crippen LogP contribution in [0, 0.1) is 0 Å². The molecule has 1 aromatic carbocycles. The quantitative estimate of drug-likeness (QED) is 0.777. The minimum absolute atomic E-state index is 0.156. The predicted octanol–water partition coefficient (Wildman–Crippen LogP) is 2.01. The van der Waals surface area contributed by atoms with E-state index in [1.807, 2.05) is 4.90 Å². The Hall–Kier alpha value is -2.08. The van der Waals surface area contributed by atoms with Crippen molar-refractivity contribution >= 4 is 17.5 Å². The van der Waals surface area contributed by atoms with E-state index >= 15 is 0 Å². The zero-order chi connectivity index (χ0) is 19.6. The zero-order valence-electron chi connectivity index (χ0n) is 16.9. The van der Waals surface area contributed by atoms with Gasteiger partial charge in [-0.3, -0.25) is 9.59 Å². The highest BCUT2D eigenvalue weighted by Crippen LogP contribution is 2.34. The fourth-order valence-electron chi connectivity index (χ4n) is 5.06. The summed E-state index contributed by atoms with van der Waals surface area (Å²) in [5.74, 6) is 0.346. The fourth-order valence-corrected chi connectivity index (χ4v) is 5.06. The minimum atomic E-state index is -0.166. The van der Waals surface area contributed by atoms with Crippen LogP contribution in [0.2, 0.25) is 0 Å². The van der Waals surface area contributed by atoms with Gasteiger partial charge in [-0.05, 0) is 43.7 Å². The lowest BCUT2D eigenvalue weighted by Crippen LogP contribution is -2.55. The average molecular weight is 385 g/mol. The lowest BCUT2D eigenvalue weighted by molar-refractivity contribution is -0.130. The first-order chi connectivity index (χ1) is 13.5. The topological polar surface area (TPSA) is 64.7 Å². The minimum Gasteiger partial charge on any atom is -0.379 e. The number of para-hydroxylation sites is 1. The molecular formula is C22H32N4O2. The maximum absolute atomic E-state index is 12.5. The van der Waals surface area contributed by atoms with Gasteiger partial charge in [0.1, 0.15) is 0 Å². The van der Waals surface area contributed by atoms with Gasteiger partial charge in [-0.25, -0.2) is 0 Å². The van der Waals surface area contributed by atoms with E-state index in [1.54, 1.807) is 6.92 Å². The molecule has 2 N–H and O–H groups in total. The van der Waals surface area contributed by atoms with Crippen LogP contribution in [0.4, 0.5) is 5.69 Å². The first-order valence-corrected chi connectivity index (χ1v) is 10.7. The molecule has 0 radical (unpaired) electrons. The summed E-state index contributed by atoms with van der Waals surface area (Å²) in [7, 11) is 0. The number of nitrogens with zero attached hydrogens (tertiary/aromatic N) is 2. The standard InChI is InChI=1S/C22H32N4O2/c1-17(27)25-12-7-19(8-13-25)26-14-9-22(10-15-26)16-21(28)23-11-6-18-4-2-3-5-20(18)24-22/h2-5,19,24H,6-16H2,1H3,(H,23,28). The van der Waals surface area contributed by atoms with Gasteiger partial charge < -0.3 is 20.4 Å².